The van der Waals surface area contributed by atoms with Crippen LogP contribution in [0, 0.1) is 0 Å². The quantitative estimate of drug-likeness (QED) is 0.723. The van der Waals surface area contributed by atoms with Gasteiger partial charge in [-0.2, -0.15) is 11.8 Å². The Balaban J connectivity index is 1.79. The second kappa shape index (κ2) is 10.9. The number of carbonyl (C=O) groups excluding carboxylic acids is 2. The lowest BCUT2D eigenvalue weighted by atomic mass is 10.1. The Labute approximate surface area is 159 Å². The monoisotopic (exact) mass is 376 g/mol. The molecule has 0 bridgehead atoms. The Morgan fingerprint density at radius 3 is 2.54 bits per heavy atom. The predicted octanol–water partition coefficient (Wildman–Crippen LogP) is 1.63. The van der Waals surface area contributed by atoms with E-state index in [9.17, 15) is 9.59 Å². The topological polar surface area (TPSA) is 78.7 Å². The second-order valence-electron chi connectivity index (χ2n) is 6.28. The maximum Gasteiger partial charge on any atom is 0.312 e. The minimum absolute atomic E-state index is 0.0303. The fourth-order valence-corrected chi connectivity index (χ4v) is 3.41. The van der Waals surface area contributed by atoms with Crippen molar-refractivity contribution in [2.75, 3.05) is 44.7 Å². The third-order valence-corrected chi connectivity index (χ3v) is 5.03. The van der Waals surface area contributed by atoms with Gasteiger partial charge in [-0.1, -0.05) is 42.5 Å². The van der Waals surface area contributed by atoms with Gasteiger partial charge in [0.25, 0.3) is 0 Å². The Bertz CT molecular complexity index is 601. The lowest BCUT2D eigenvalue weighted by Gasteiger charge is -2.36. The van der Waals surface area contributed by atoms with Gasteiger partial charge in [0.2, 0.25) is 5.91 Å². The minimum Gasteiger partial charge on any atom is -0.352 e. The van der Waals surface area contributed by atoms with E-state index in [1.165, 1.54) is 5.56 Å². The number of urea groups is 1. The first-order valence-electron chi connectivity index (χ1n) is 8.88. The van der Waals surface area contributed by atoms with E-state index in [1.807, 2.05) is 29.4 Å². The van der Waals surface area contributed by atoms with Crippen LogP contribution in [0.2, 0.25) is 0 Å². The highest BCUT2D eigenvalue weighted by Crippen LogP contribution is 2.09. The van der Waals surface area contributed by atoms with Gasteiger partial charge >= 0.3 is 6.03 Å². The molecule has 0 saturated carbocycles. The molecule has 0 radical (unpaired) electrons. The van der Waals surface area contributed by atoms with E-state index < -0.39 is 12.1 Å². The molecule has 1 aliphatic rings. The Morgan fingerprint density at radius 2 is 1.92 bits per heavy atom. The number of primary amides is 1. The number of hydrogen-bond acceptors (Lipinski definition) is 4. The van der Waals surface area contributed by atoms with Gasteiger partial charge in [0, 0.05) is 32.7 Å². The smallest absolute Gasteiger partial charge is 0.312 e. The van der Waals surface area contributed by atoms with Crippen molar-refractivity contribution >= 4 is 29.8 Å². The lowest BCUT2D eigenvalue weighted by Crippen LogP contribution is -2.55. The zero-order valence-electron chi connectivity index (χ0n) is 15.3. The maximum absolute atomic E-state index is 12.7. The van der Waals surface area contributed by atoms with Crippen molar-refractivity contribution in [2.45, 2.75) is 12.5 Å². The number of amides is 3. The molecule has 1 aromatic rings. The highest BCUT2D eigenvalue weighted by Gasteiger charge is 2.27. The third kappa shape index (κ3) is 6.72. The van der Waals surface area contributed by atoms with Crippen molar-refractivity contribution in [1.29, 1.82) is 0 Å². The van der Waals surface area contributed by atoms with Crippen LogP contribution in [0.15, 0.2) is 36.4 Å². The maximum atomic E-state index is 12.7. The molecule has 0 aromatic heterocycles. The van der Waals surface area contributed by atoms with Crippen LogP contribution >= 0.6 is 11.8 Å². The van der Waals surface area contributed by atoms with Crippen LogP contribution in [-0.2, 0) is 4.79 Å². The van der Waals surface area contributed by atoms with Crippen molar-refractivity contribution in [3.8, 4) is 0 Å². The van der Waals surface area contributed by atoms with Gasteiger partial charge in [0.05, 0.1) is 0 Å². The number of benzene rings is 1. The summed E-state index contributed by atoms with van der Waals surface area (Å²) in [5.74, 6) is 0.776. The second-order valence-corrected chi connectivity index (χ2v) is 7.27. The molecule has 1 fully saturated rings. The summed E-state index contributed by atoms with van der Waals surface area (Å²) in [6.45, 7) is 3.88. The minimum atomic E-state index is -0.644. The molecule has 26 heavy (non-hydrogen) atoms. The van der Waals surface area contributed by atoms with Crippen LogP contribution in [0.3, 0.4) is 0 Å². The number of nitrogens with zero attached hydrogens (tertiary/aromatic N) is 2. The zero-order chi connectivity index (χ0) is 18.8. The molecule has 1 unspecified atom stereocenters. The number of nitrogens with two attached hydrogens (primary N) is 1. The van der Waals surface area contributed by atoms with Crippen molar-refractivity contribution in [3.05, 3.63) is 42.0 Å². The van der Waals surface area contributed by atoms with Crippen LogP contribution < -0.4 is 11.1 Å². The lowest BCUT2D eigenvalue weighted by molar-refractivity contribution is -0.134. The zero-order valence-corrected chi connectivity index (χ0v) is 16.1. The highest BCUT2D eigenvalue weighted by molar-refractivity contribution is 7.98. The molecular weight excluding hydrogens is 348 g/mol. The molecular formula is C19H28N4O2S. The van der Waals surface area contributed by atoms with Crippen LogP contribution in [0.1, 0.15) is 12.0 Å². The highest BCUT2D eigenvalue weighted by atomic mass is 32.2. The van der Waals surface area contributed by atoms with Gasteiger partial charge in [-0.05, 0) is 24.0 Å². The molecule has 2 rings (SSSR count). The molecule has 1 atom stereocenters. The summed E-state index contributed by atoms with van der Waals surface area (Å²) in [6.07, 6.45) is 6.85. The molecule has 142 valence electrons. The molecule has 1 heterocycles. The Morgan fingerprint density at radius 1 is 1.23 bits per heavy atom. The largest absolute Gasteiger partial charge is 0.352 e. The summed E-state index contributed by atoms with van der Waals surface area (Å²) in [7, 11) is 0. The summed E-state index contributed by atoms with van der Waals surface area (Å²) in [5, 5.41) is 2.58. The summed E-state index contributed by atoms with van der Waals surface area (Å²) < 4.78 is 0. The van der Waals surface area contributed by atoms with E-state index in [1.54, 1.807) is 11.8 Å². The van der Waals surface area contributed by atoms with Gasteiger partial charge in [0.15, 0.2) is 0 Å². The van der Waals surface area contributed by atoms with Gasteiger partial charge in [-0.3, -0.25) is 9.69 Å². The molecule has 3 N–H and O–H groups in total. The van der Waals surface area contributed by atoms with Crippen molar-refractivity contribution in [1.82, 2.24) is 15.1 Å². The van der Waals surface area contributed by atoms with E-state index in [2.05, 4.69) is 34.5 Å². The van der Waals surface area contributed by atoms with Gasteiger partial charge in [-0.25, -0.2) is 4.79 Å². The van der Waals surface area contributed by atoms with E-state index >= 15 is 0 Å². The average Bonchev–Trinajstić information content (AvgIpc) is 2.66. The van der Waals surface area contributed by atoms with Crippen molar-refractivity contribution in [3.63, 3.8) is 0 Å². The molecule has 0 spiro atoms. The first-order chi connectivity index (χ1) is 12.6. The normalized spacial score (nSPS) is 16.6. The van der Waals surface area contributed by atoms with Crippen LogP contribution in [0.25, 0.3) is 6.08 Å². The molecule has 1 aromatic carbocycles. The standard InChI is InChI=1S/C19H28N4O2S/c1-26-15-9-17(21-19(20)25)18(24)23-13-11-22(12-14-23)10-5-8-16-6-3-2-4-7-16/h2-8,17H,9-15H2,1H3,(H3,20,21,25). The van der Waals surface area contributed by atoms with Crippen LogP contribution in [-0.4, -0.2) is 72.5 Å². The number of nitrogens with one attached hydrogen (secondary N) is 1. The molecule has 1 saturated heterocycles. The first-order valence-corrected chi connectivity index (χ1v) is 10.3. The van der Waals surface area contributed by atoms with Gasteiger partial charge in [0.1, 0.15) is 6.04 Å². The summed E-state index contributed by atoms with van der Waals surface area (Å²) in [5.41, 5.74) is 6.40. The Kier molecular flexibility index (Phi) is 8.50. The summed E-state index contributed by atoms with van der Waals surface area (Å²) >= 11 is 1.65. The van der Waals surface area contributed by atoms with Crippen molar-refractivity contribution in [2.24, 2.45) is 5.73 Å². The third-order valence-electron chi connectivity index (χ3n) is 4.38. The number of piperazine rings is 1. The fourth-order valence-electron chi connectivity index (χ4n) is 2.94. The molecule has 6 nitrogen and oxygen atoms in total. The van der Waals surface area contributed by atoms with Crippen molar-refractivity contribution < 1.29 is 9.59 Å². The summed E-state index contributed by atoms with van der Waals surface area (Å²) in [4.78, 5) is 28.0. The fraction of sp³-hybridized carbons (Fsp3) is 0.474. The molecule has 3 amide bonds. The SMILES string of the molecule is CSCCC(NC(N)=O)C(=O)N1CCN(CC=Cc2ccccc2)CC1. The van der Waals surface area contributed by atoms with E-state index in [0.29, 0.717) is 19.5 Å². The van der Waals surface area contributed by atoms with Crippen LogP contribution in [0.5, 0.6) is 0 Å². The van der Waals surface area contributed by atoms with Crippen LogP contribution in [0.4, 0.5) is 4.79 Å². The number of rotatable bonds is 8. The Hall–Kier alpha value is -1.99. The number of carbonyl (C=O) groups is 2. The number of thioether (sulfide) groups is 1. The van der Waals surface area contributed by atoms with E-state index in [0.717, 1.165) is 25.4 Å². The first kappa shape index (κ1) is 20.3. The average molecular weight is 377 g/mol. The molecule has 0 aliphatic carbocycles. The molecule has 7 heteroatoms. The number of hydrogen-bond donors (Lipinski definition) is 2. The summed E-state index contributed by atoms with van der Waals surface area (Å²) in [6, 6.07) is 9.04. The van der Waals surface area contributed by atoms with E-state index in [-0.39, 0.29) is 5.91 Å². The molecule has 1 aliphatic heterocycles. The predicted molar refractivity (Wildman–Crippen MR) is 108 cm³/mol. The van der Waals surface area contributed by atoms with E-state index in [4.69, 9.17) is 5.73 Å². The van der Waals surface area contributed by atoms with Gasteiger partial charge in [-0.15, -0.1) is 0 Å². The van der Waals surface area contributed by atoms with Gasteiger partial charge < -0.3 is 16.0 Å².